The molecule has 0 aliphatic carbocycles. The van der Waals surface area contributed by atoms with Crippen LogP contribution < -0.4 is 3.38 Å². The summed E-state index contributed by atoms with van der Waals surface area (Å²) in [5, 5.41) is 0. The van der Waals surface area contributed by atoms with Gasteiger partial charge in [-0.3, -0.25) is 0 Å². The molecule has 0 aromatic carbocycles. The Morgan fingerprint density at radius 2 is 2.30 bits per heavy atom. The molecule has 0 atom stereocenters. The van der Waals surface area contributed by atoms with Crippen molar-refractivity contribution >= 4 is 40.3 Å². The molecule has 0 spiro atoms. The number of rotatable bonds is 0. The van der Waals surface area contributed by atoms with E-state index in [9.17, 15) is 0 Å². The third-order valence-electron chi connectivity index (χ3n) is 1.19. The molecule has 5 heteroatoms. The van der Waals surface area contributed by atoms with Crippen LogP contribution in [0.2, 0.25) is 0 Å². The standard InChI is InChI=1S/C5H3N4.Tl/c1-4-5(8-2-6-1)9-3-7-4;/h1,3H,(H,6,7,8,9);. The van der Waals surface area contributed by atoms with Crippen molar-refractivity contribution in [3.8, 4) is 0 Å². The Labute approximate surface area is 72.8 Å². The second-order valence-corrected chi connectivity index (χ2v) is 3.88. The van der Waals surface area contributed by atoms with Crippen LogP contribution in [0.1, 0.15) is 0 Å². The molecule has 46 valence electrons. The molecule has 2 rings (SSSR count). The van der Waals surface area contributed by atoms with Gasteiger partial charge in [0.15, 0.2) is 0 Å². The molecule has 1 N–H and O–H groups in total. The summed E-state index contributed by atoms with van der Waals surface area (Å²) >= 11 is 0.686. The molecular formula is C5H3N4Tl. The Morgan fingerprint density at radius 1 is 1.40 bits per heavy atom. The van der Waals surface area contributed by atoms with Crippen LogP contribution in [0.4, 0.5) is 0 Å². The third-order valence-corrected chi connectivity index (χ3v) is 2.28. The molecule has 0 bridgehead atoms. The number of H-pyrrole nitrogens is 1. The third kappa shape index (κ3) is 0.917. The fourth-order valence-corrected chi connectivity index (χ4v) is 1.51. The second-order valence-electron chi connectivity index (χ2n) is 1.87. The van der Waals surface area contributed by atoms with E-state index in [1.54, 1.807) is 12.5 Å². The number of imidazole rings is 1. The van der Waals surface area contributed by atoms with E-state index in [-0.39, 0.29) is 0 Å². The summed E-state index contributed by atoms with van der Waals surface area (Å²) in [6.45, 7) is 0. The first-order valence-electron chi connectivity index (χ1n) is 2.78. The summed E-state index contributed by atoms with van der Waals surface area (Å²) in [4.78, 5) is 15.2. The monoisotopic (exact) mass is 324 g/mol. The van der Waals surface area contributed by atoms with Crippen LogP contribution in [-0.2, 0) is 0 Å². The van der Waals surface area contributed by atoms with Crippen molar-refractivity contribution in [3.05, 3.63) is 12.5 Å². The molecule has 0 radical (unpaired) electrons. The minimum atomic E-state index is 0.686. The molecule has 4 nitrogen and oxygen atoms in total. The van der Waals surface area contributed by atoms with Crippen LogP contribution in [0.15, 0.2) is 12.5 Å². The molecule has 0 amide bonds. The molecule has 0 fully saturated rings. The molecule has 2 aromatic rings. The van der Waals surface area contributed by atoms with Gasteiger partial charge in [-0.1, -0.05) is 0 Å². The first-order valence-corrected chi connectivity index (χ1v) is 5.02. The van der Waals surface area contributed by atoms with Crippen molar-refractivity contribution in [1.82, 2.24) is 19.9 Å². The van der Waals surface area contributed by atoms with Gasteiger partial charge in [0.25, 0.3) is 0 Å². The molecule has 0 unspecified atom stereocenters. The minimum absolute atomic E-state index is 0.686. The first kappa shape index (κ1) is 6.20. The normalized spacial score (nSPS) is 10.3. The van der Waals surface area contributed by atoms with Crippen LogP contribution in [0.5, 0.6) is 0 Å². The average molecular weight is 323 g/mol. The maximum absolute atomic E-state index is 4.16. The van der Waals surface area contributed by atoms with E-state index in [2.05, 4.69) is 19.9 Å². The molecule has 0 saturated heterocycles. The number of hydrogen-bond donors (Lipinski definition) is 1. The van der Waals surface area contributed by atoms with Crippen LogP contribution >= 0.6 is 0 Å². The van der Waals surface area contributed by atoms with Gasteiger partial charge in [-0.05, 0) is 0 Å². The van der Waals surface area contributed by atoms with Crippen molar-refractivity contribution in [1.29, 1.82) is 0 Å². The van der Waals surface area contributed by atoms with Crippen molar-refractivity contribution in [2.75, 3.05) is 0 Å². The van der Waals surface area contributed by atoms with E-state index in [1.807, 2.05) is 0 Å². The molecule has 2 aromatic heterocycles. The van der Waals surface area contributed by atoms with E-state index in [1.165, 1.54) is 0 Å². The fraction of sp³-hybridized carbons (Fsp3) is 0. The average Bonchev–Trinajstić information content (AvgIpc) is 2.33. The van der Waals surface area contributed by atoms with E-state index in [0.717, 1.165) is 14.5 Å². The molecule has 0 saturated carbocycles. The Balaban J connectivity index is 2.86. The number of hydrogen-bond acceptors (Lipinski definition) is 3. The van der Waals surface area contributed by atoms with Crippen molar-refractivity contribution in [2.24, 2.45) is 0 Å². The summed E-state index contributed by atoms with van der Waals surface area (Å²) in [7, 11) is 0. The zero-order chi connectivity index (χ0) is 6.97. The van der Waals surface area contributed by atoms with Gasteiger partial charge in [0.1, 0.15) is 0 Å². The fourth-order valence-electron chi connectivity index (χ4n) is 0.749. The van der Waals surface area contributed by atoms with Gasteiger partial charge in [-0.15, -0.1) is 0 Å². The van der Waals surface area contributed by atoms with E-state index in [4.69, 9.17) is 0 Å². The molecule has 0 aliphatic heterocycles. The number of nitrogens with one attached hydrogen (secondary N) is 1. The van der Waals surface area contributed by atoms with Crippen LogP contribution in [0, 0.1) is 0 Å². The maximum atomic E-state index is 4.16. The van der Waals surface area contributed by atoms with Crippen LogP contribution in [0.3, 0.4) is 0 Å². The Bertz CT molecular complexity index is 355. The molecule has 2 heterocycles. The van der Waals surface area contributed by atoms with Crippen LogP contribution in [-0.4, -0.2) is 45.7 Å². The Hall–Kier alpha value is -0.528. The summed E-state index contributed by atoms with van der Waals surface area (Å²) in [6.07, 6.45) is 3.40. The van der Waals surface area contributed by atoms with Crippen molar-refractivity contribution in [3.63, 3.8) is 0 Å². The van der Waals surface area contributed by atoms with Gasteiger partial charge in [0.05, 0.1) is 0 Å². The zero-order valence-corrected chi connectivity index (χ0v) is 9.56. The summed E-state index contributed by atoms with van der Waals surface area (Å²) in [5.41, 5.74) is 1.68. The second kappa shape index (κ2) is 2.26. The topological polar surface area (TPSA) is 54.5 Å². The van der Waals surface area contributed by atoms with E-state index >= 15 is 0 Å². The Morgan fingerprint density at radius 3 is 3.20 bits per heavy atom. The number of aromatic amines is 1. The SMILES string of the molecule is [Tl][c]1ncc2[nH]cnc2n1. The van der Waals surface area contributed by atoms with Crippen molar-refractivity contribution in [2.45, 2.75) is 0 Å². The number of fused-ring (bicyclic) bond motifs is 1. The number of aromatic nitrogens is 4. The summed E-state index contributed by atoms with van der Waals surface area (Å²) in [5.74, 6) is 0. The quantitative estimate of drug-likeness (QED) is 0.643. The van der Waals surface area contributed by atoms with Gasteiger partial charge in [-0.2, -0.15) is 0 Å². The molecule has 0 aliphatic rings. The number of nitrogens with zero attached hydrogens (tertiary/aromatic N) is 3. The summed E-state index contributed by atoms with van der Waals surface area (Å²) < 4.78 is 0.916. The van der Waals surface area contributed by atoms with Gasteiger partial charge in [0, 0.05) is 0 Å². The molecular weight excluding hydrogens is 320 g/mol. The van der Waals surface area contributed by atoms with Gasteiger partial charge in [-0.25, -0.2) is 0 Å². The predicted molar refractivity (Wildman–Crippen MR) is 37.1 cm³/mol. The summed E-state index contributed by atoms with van der Waals surface area (Å²) in [6, 6.07) is 0. The predicted octanol–water partition coefficient (Wildman–Crippen LogP) is -0.853. The van der Waals surface area contributed by atoms with E-state index < -0.39 is 0 Å². The van der Waals surface area contributed by atoms with Gasteiger partial charge in [0.2, 0.25) is 0 Å². The van der Waals surface area contributed by atoms with E-state index in [0.29, 0.717) is 25.8 Å². The van der Waals surface area contributed by atoms with Crippen molar-refractivity contribution < 1.29 is 0 Å². The zero-order valence-electron chi connectivity index (χ0n) is 5.07. The molecule has 10 heavy (non-hydrogen) atoms. The van der Waals surface area contributed by atoms with Gasteiger partial charge >= 0.3 is 72.8 Å². The first-order chi connectivity index (χ1) is 4.86. The Kier molecular flexibility index (Phi) is 1.40. The van der Waals surface area contributed by atoms with Gasteiger partial charge < -0.3 is 0 Å². The van der Waals surface area contributed by atoms with Crippen LogP contribution in [0.25, 0.3) is 11.2 Å².